The van der Waals surface area contributed by atoms with Crippen LogP contribution in [0.4, 0.5) is 10.1 Å². The monoisotopic (exact) mass is 252 g/mol. The highest BCUT2D eigenvalue weighted by Crippen LogP contribution is 2.38. The quantitative estimate of drug-likeness (QED) is 0.860. The summed E-state index contributed by atoms with van der Waals surface area (Å²) >= 11 is 0. The summed E-state index contributed by atoms with van der Waals surface area (Å²) in [7, 11) is 1.48. The van der Waals surface area contributed by atoms with Crippen LogP contribution in [-0.4, -0.2) is 18.6 Å². The molecule has 0 aliphatic heterocycles. The van der Waals surface area contributed by atoms with Crippen LogP contribution >= 0.6 is 0 Å². The Bertz CT molecular complexity index is 470. The molecule has 1 amide bonds. The maximum Gasteiger partial charge on any atom is 0.244 e. The predicted octanol–water partition coefficient (Wildman–Crippen LogP) is 1.90. The number of hydrogen-bond donors (Lipinski definition) is 2. The number of methoxy groups -OCH3 is 1. The van der Waals surface area contributed by atoms with Gasteiger partial charge in [-0.2, -0.15) is 0 Å². The first-order valence-electron chi connectivity index (χ1n) is 5.89. The third-order valence-corrected chi connectivity index (χ3v) is 3.34. The number of benzene rings is 1. The topological polar surface area (TPSA) is 64.3 Å². The first-order valence-corrected chi connectivity index (χ1v) is 5.89. The minimum absolute atomic E-state index is 0.0941. The summed E-state index contributed by atoms with van der Waals surface area (Å²) in [5.74, 6) is -0.198. The van der Waals surface area contributed by atoms with E-state index in [1.807, 2.05) is 0 Å². The minimum atomic E-state index is -0.949. The first-order chi connectivity index (χ1) is 8.45. The molecule has 0 aromatic heterocycles. The van der Waals surface area contributed by atoms with Gasteiger partial charge in [-0.05, 0) is 37.8 Å². The van der Waals surface area contributed by atoms with Gasteiger partial charge in [0.25, 0.3) is 0 Å². The number of halogens is 1. The molecule has 0 bridgehead atoms. The second-order valence-corrected chi connectivity index (χ2v) is 4.86. The molecule has 4 nitrogen and oxygen atoms in total. The molecule has 1 fully saturated rings. The number of rotatable bonds is 4. The van der Waals surface area contributed by atoms with Gasteiger partial charge in [-0.25, -0.2) is 4.39 Å². The van der Waals surface area contributed by atoms with E-state index in [1.165, 1.54) is 25.3 Å². The smallest absolute Gasteiger partial charge is 0.244 e. The number of carbonyl (C=O) groups excluding carboxylic acids is 1. The molecule has 98 valence electrons. The Balaban J connectivity index is 2.15. The molecule has 1 aliphatic carbocycles. The molecule has 1 aromatic rings. The lowest BCUT2D eigenvalue weighted by Gasteiger charge is -2.23. The zero-order valence-electron chi connectivity index (χ0n) is 10.5. The molecule has 3 N–H and O–H groups in total. The molecular formula is C13H17FN2O2. The van der Waals surface area contributed by atoms with Crippen LogP contribution < -0.4 is 15.8 Å². The standard InChI is InChI=1S/C13H17FN2O2/c1-13(15,8-3-4-8)12(17)16-11-7-9(18-2)5-6-10(11)14/h5-8H,3-4,15H2,1-2H3,(H,16,17). The fourth-order valence-electron chi connectivity index (χ4n) is 1.85. The van der Waals surface area contributed by atoms with Crippen molar-refractivity contribution in [1.82, 2.24) is 0 Å². The van der Waals surface area contributed by atoms with Gasteiger partial charge in [0.1, 0.15) is 11.6 Å². The van der Waals surface area contributed by atoms with Crippen molar-refractivity contribution >= 4 is 11.6 Å². The van der Waals surface area contributed by atoms with Gasteiger partial charge >= 0.3 is 0 Å². The van der Waals surface area contributed by atoms with Crippen molar-refractivity contribution in [2.45, 2.75) is 25.3 Å². The molecule has 1 aliphatic rings. The second-order valence-electron chi connectivity index (χ2n) is 4.86. The minimum Gasteiger partial charge on any atom is -0.497 e. The van der Waals surface area contributed by atoms with Gasteiger partial charge in [0, 0.05) is 6.07 Å². The Morgan fingerprint density at radius 2 is 2.22 bits per heavy atom. The SMILES string of the molecule is COc1ccc(F)c(NC(=O)C(C)(N)C2CC2)c1. The molecule has 1 unspecified atom stereocenters. The van der Waals surface area contributed by atoms with E-state index in [1.54, 1.807) is 6.92 Å². The summed E-state index contributed by atoms with van der Waals surface area (Å²) in [6.45, 7) is 1.68. The number of carbonyl (C=O) groups is 1. The summed E-state index contributed by atoms with van der Waals surface area (Å²) in [6, 6.07) is 4.18. The number of ether oxygens (including phenoxy) is 1. The maximum atomic E-state index is 13.6. The highest BCUT2D eigenvalue weighted by atomic mass is 19.1. The van der Waals surface area contributed by atoms with Crippen molar-refractivity contribution in [2.24, 2.45) is 11.7 Å². The van der Waals surface area contributed by atoms with Crippen molar-refractivity contribution in [3.63, 3.8) is 0 Å². The maximum absolute atomic E-state index is 13.6. The number of anilines is 1. The van der Waals surface area contributed by atoms with E-state index in [2.05, 4.69) is 5.32 Å². The summed E-state index contributed by atoms with van der Waals surface area (Å²) in [6.07, 6.45) is 1.89. The number of hydrogen-bond acceptors (Lipinski definition) is 3. The zero-order chi connectivity index (χ0) is 13.3. The summed E-state index contributed by atoms with van der Waals surface area (Å²) in [5.41, 5.74) is 5.11. The van der Waals surface area contributed by atoms with Crippen LogP contribution in [0.5, 0.6) is 5.75 Å². The fraction of sp³-hybridized carbons (Fsp3) is 0.462. The average molecular weight is 252 g/mol. The van der Waals surface area contributed by atoms with Crippen LogP contribution in [0.1, 0.15) is 19.8 Å². The van der Waals surface area contributed by atoms with E-state index >= 15 is 0 Å². The van der Waals surface area contributed by atoms with E-state index in [4.69, 9.17) is 10.5 Å². The van der Waals surface area contributed by atoms with Crippen LogP contribution in [0, 0.1) is 11.7 Å². The third-order valence-electron chi connectivity index (χ3n) is 3.34. The Morgan fingerprint density at radius 3 is 2.78 bits per heavy atom. The Morgan fingerprint density at radius 1 is 1.56 bits per heavy atom. The number of nitrogens with two attached hydrogens (primary N) is 1. The Labute approximate surface area is 105 Å². The molecule has 1 aromatic carbocycles. The van der Waals surface area contributed by atoms with Crippen molar-refractivity contribution in [1.29, 1.82) is 0 Å². The Hall–Kier alpha value is -1.62. The molecule has 2 rings (SSSR count). The predicted molar refractivity (Wildman–Crippen MR) is 66.9 cm³/mol. The summed E-state index contributed by atoms with van der Waals surface area (Å²) < 4.78 is 18.5. The van der Waals surface area contributed by atoms with Crippen LogP contribution in [0.3, 0.4) is 0 Å². The number of nitrogens with one attached hydrogen (secondary N) is 1. The molecule has 0 heterocycles. The summed E-state index contributed by atoms with van der Waals surface area (Å²) in [5, 5.41) is 2.53. The van der Waals surface area contributed by atoms with Crippen molar-refractivity contribution in [3.05, 3.63) is 24.0 Å². The van der Waals surface area contributed by atoms with Gasteiger partial charge in [0.15, 0.2) is 0 Å². The van der Waals surface area contributed by atoms with Crippen molar-refractivity contribution in [3.8, 4) is 5.75 Å². The van der Waals surface area contributed by atoms with Crippen LogP contribution in [0.25, 0.3) is 0 Å². The van der Waals surface area contributed by atoms with Gasteiger partial charge in [0.2, 0.25) is 5.91 Å². The van der Waals surface area contributed by atoms with E-state index < -0.39 is 11.4 Å². The third kappa shape index (κ3) is 2.46. The molecule has 0 radical (unpaired) electrons. The second kappa shape index (κ2) is 4.57. The Kier molecular flexibility index (Phi) is 3.26. The van der Waals surface area contributed by atoms with Crippen LogP contribution in [0.15, 0.2) is 18.2 Å². The molecule has 5 heteroatoms. The van der Waals surface area contributed by atoms with Gasteiger partial charge in [0.05, 0.1) is 18.3 Å². The van der Waals surface area contributed by atoms with Crippen LogP contribution in [0.2, 0.25) is 0 Å². The van der Waals surface area contributed by atoms with Crippen LogP contribution in [-0.2, 0) is 4.79 Å². The van der Waals surface area contributed by atoms with Gasteiger partial charge in [-0.3, -0.25) is 4.79 Å². The zero-order valence-corrected chi connectivity index (χ0v) is 10.5. The lowest BCUT2D eigenvalue weighted by Crippen LogP contribution is -2.50. The average Bonchev–Trinajstić information content (AvgIpc) is 3.16. The molecular weight excluding hydrogens is 235 g/mol. The van der Waals surface area contributed by atoms with E-state index in [0.717, 1.165) is 12.8 Å². The molecule has 0 saturated heterocycles. The normalized spacial score (nSPS) is 18.0. The van der Waals surface area contributed by atoms with E-state index in [-0.39, 0.29) is 17.5 Å². The van der Waals surface area contributed by atoms with Gasteiger partial charge in [-0.15, -0.1) is 0 Å². The molecule has 18 heavy (non-hydrogen) atoms. The van der Waals surface area contributed by atoms with E-state index in [9.17, 15) is 9.18 Å². The van der Waals surface area contributed by atoms with Crippen molar-refractivity contribution < 1.29 is 13.9 Å². The largest absolute Gasteiger partial charge is 0.497 e. The molecule has 0 spiro atoms. The van der Waals surface area contributed by atoms with Gasteiger partial charge in [-0.1, -0.05) is 0 Å². The lowest BCUT2D eigenvalue weighted by atomic mass is 9.96. The van der Waals surface area contributed by atoms with Crippen molar-refractivity contribution in [2.75, 3.05) is 12.4 Å². The molecule has 1 atom stereocenters. The van der Waals surface area contributed by atoms with Gasteiger partial charge < -0.3 is 15.8 Å². The lowest BCUT2D eigenvalue weighted by molar-refractivity contribution is -0.121. The highest BCUT2D eigenvalue weighted by Gasteiger charge is 2.44. The van der Waals surface area contributed by atoms with E-state index in [0.29, 0.717) is 5.75 Å². The molecule has 1 saturated carbocycles. The number of amides is 1. The highest BCUT2D eigenvalue weighted by molar-refractivity contribution is 5.98. The first kappa shape index (κ1) is 12.8. The fourth-order valence-corrected chi connectivity index (χ4v) is 1.85. The summed E-state index contributed by atoms with van der Waals surface area (Å²) in [4.78, 5) is 12.0.